The highest BCUT2D eigenvalue weighted by Gasteiger charge is 2.09. The maximum atomic E-state index is 9.02. The van der Waals surface area contributed by atoms with Crippen LogP contribution in [0.1, 0.15) is 19.8 Å². The van der Waals surface area contributed by atoms with Crippen molar-refractivity contribution in [2.45, 2.75) is 25.9 Å². The van der Waals surface area contributed by atoms with E-state index in [0.717, 1.165) is 29.4 Å². The molecule has 1 unspecified atom stereocenters. The van der Waals surface area contributed by atoms with E-state index in [1.165, 1.54) is 0 Å². The van der Waals surface area contributed by atoms with E-state index in [1.807, 2.05) is 42.5 Å². The van der Waals surface area contributed by atoms with Crippen molar-refractivity contribution in [3.63, 3.8) is 0 Å². The SMILES string of the molecule is CCCC(C#N)Oc1cccc2ccccc12. The molecule has 2 heteroatoms. The topological polar surface area (TPSA) is 33.0 Å². The summed E-state index contributed by atoms with van der Waals surface area (Å²) in [4.78, 5) is 0. The van der Waals surface area contributed by atoms with Crippen LogP contribution >= 0.6 is 0 Å². The van der Waals surface area contributed by atoms with Crippen LogP contribution in [0.15, 0.2) is 42.5 Å². The number of nitriles is 1. The Bertz CT molecular complexity index is 537. The first kappa shape index (κ1) is 11.5. The zero-order chi connectivity index (χ0) is 12.1. The summed E-state index contributed by atoms with van der Waals surface area (Å²) in [6, 6.07) is 16.2. The molecular formula is C15H15NO. The standard InChI is InChI=1S/C15H15NO/c1-2-6-13(11-16)17-15-10-5-8-12-7-3-4-9-14(12)15/h3-5,7-10,13H,2,6H2,1H3. The zero-order valence-electron chi connectivity index (χ0n) is 9.89. The first-order chi connectivity index (χ1) is 8.35. The van der Waals surface area contributed by atoms with Crippen LogP contribution in [-0.4, -0.2) is 6.10 Å². The molecule has 86 valence electrons. The molecule has 0 N–H and O–H groups in total. The van der Waals surface area contributed by atoms with Crippen molar-refractivity contribution in [2.24, 2.45) is 0 Å². The normalized spacial score (nSPS) is 12.0. The Balaban J connectivity index is 2.33. The number of fused-ring (bicyclic) bond motifs is 1. The molecule has 2 nitrogen and oxygen atoms in total. The molecule has 0 aromatic heterocycles. The summed E-state index contributed by atoms with van der Waals surface area (Å²) in [6.07, 6.45) is 1.36. The maximum absolute atomic E-state index is 9.02. The Morgan fingerprint density at radius 1 is 1.18 bits per heavy atom. The van der Waals surface area contributed by atoms with Crippen LogP contribution in [-0.2, 0) is 0 Å². The van der Waals surface area contributed by atoms with Crippen LogP contribution in [0.2, 0.25) is 0 Å². The highest BCUT2D eigenvalue weighted by atomic mass is 16.5. The number of hydrogen-bond acceptors (Lipinski definition) is 2. The lowest BCUT2D eigenvalue weighted by Crippen LogP contribution is -2.13. The fraction of sp³-hybridized carbons (Fsp3) is 0.267. The van der Waals surface area contributed by atoms with Crippen molar-refractivity contribution in [3.05, 3.63) is 42.5 Å². The second-order valence-electron chi connectivity index (χ2n) is 4.00. The van der Waals surface area contributed by atoms with Crippen LogP contribution in [0.3, 0.4) is 0 Å². The van der Waals surface area contributed by atoms with Gasteiger partial charge in [-0.3, -0.25) is 0 Å². The first-order valence-corrected chi connectivity index (χ1v) is 5.89. The van der Waals surface area contributed by atoms with Crippen LogP contribution in [0.4, 0.5) is 0 Å². The second kappa shape index (κ2) is 5.36. The molecule has 2 aromatic rings. The largest absolute Gasteiger partial charge is 0.475 e. The van der Waals surface area contributed by atoms with E-state index in [1.54, 1.807) is 0 Å². The lowest BCUT2D eigenvalue weighted by molar-refractivity contribution is 0.247. The van der Waals surface area contributed by atoms with E-state index in [9.17, 15) is 0 Å². The van der Waals surface area contributed by atoms with Gasteiger partial charge in [0.1, 0.15) is 11.8 Å². The Morgan fingerprint density at radius 2 is 1.94 bits per heavy atom. The minimum Gasteiger partial charge on any atom is -0.475 e. The molecule has 0 heterocycles. The van der Waals surface area contributed by atoms with Crippen molar-refractivity contribution in [1.29, 1.82) is 5.26 Å². The van der Waals surface area contributed by atoms with Gasteiger partial charge in [-0.05, 0) is 17.9 Å². The highest BCUT2D eigenvalue weighted by molar-refractivity contribution is 5.88. The van der Waals surface area contributed by atoms with Crippen molar-refractivity contribution in [2.75, 3.05) is 0 Å². The molecule has 0 fully saturated rings. The molecule has 0 spiro atoms. The Hall–Kier alpha value is -2.01. The molecular weight excluding hydrogens is 210 g/mol. The number of benzene rings is 2. The van der Waals surface area contributed by atoms with Crippen LogP contribution < -0.4 is 4.74 Å². The van der Waals surface area contributed by atoms with E-state index in [2.05, 4.69) is 13.0 Å². The third-order valence-electron chi connectivity index (χ3n) is 2.71. The predicted molar refractivity (Wildman–Crippen MR) is 68.9 cm³/mol. The van der Waals surface area contributed by atoms with Crippen molar-refractivity contribution in [1.82, 2.24) is 0 Å². The molecule has 0 saturated heterocycles. The molecule has 17 heavy (non-hydrogen) atoms. The van der Waals surface area contributed by atoms with Gasteiger partial charge in [-0.15, -0.1) is 0 Å². The van der Waals surface area contributed by atoms with Crippen LogP contribution in [0.25, 0.3) is 10.8 Å². The van der Waals surface area contributed by atoms with Gasteiger partial charge in [0.05, 0.1) is 0 Å². The number of nitrogens with zero attached hydrogens (tertiary/aromatic N) is 1. The molecule has 0 aliphatic heterocycles. The summed E-state index contributed by atoms with van der Waals surface area (Å²) in [7, 11) is 0. The Labute approximate surface area is 101 Å². The minimum atomic E-state index is -0.356. The predicted octanol–water partition coefficient (Wildman–Crippen LogP) is 3.91. The van der Waals surface area contributed by atoms with Gasteiger partial charge in [-0.1, -0.05) is 49.7 Å². The fourth-order valence-electron chi connectivity index (χ4n) is 1.86. The van der Waals surface area contributed by atoms with Crippen molar-refractivity contribution >= 4 is 10.8 Å². The average Bonchev–Trinajstić information content (AvgIpc) is 2.38. The van der Waals surface area contributed by atoms with E-state index >= 15 is 0 Å². The molecule has 1 atom stereocenters. The molecule has 2 rings (SSSR count). The third kappa shape index (κ3) is 2.57. The number of rotatable bonds is 4. The number of hydrogen-bond donors (Lipinski definition) is 0. The van der Waals surface area contributed by atoms with Crippen molar-refractivity contribution in [3.8, 4) is 11.8 Å². The summed E-state index contributed by atoms with van der Waals surface area (Å²) < 4.78 is 5.76. The molecule has 0 aliphatic carbocycles. The highest BCUT2D eigenvalue weighted by Crippen LogP contribution is 2.26. The lowest BCUT2D eigenvalue weighted by Gasteiger charge is -2.13. The summed E-state index contributed by atoms with van der Waals surface area (Å²) in [5.74, 6) is 0.795. The molecule has 0 bridgehead atoms. The quantitative estimate of drug-likeness (QED) is 0.790. The minimum absolute atomic E-state index is 0.356. The monoisotopic (exact) mass is 225 g/mol. The molecule has 0 aliphatic rings. The van der Waals surface area contributed by atoms with Crippen LogP contribution in [0.5, 0.6) is 5.75 Å². The smallest absolute Gasteiger partial charge is 0.184 e. The number of ether oxygens (including phenoxy) is 1. The molecule has 2 aromatic carbocycles. The van der Waals surface area contributed by atoms with Crippen molar-refractivity contribution < 1.29 is 4.74 Å². The fourth-order valence-corrected chi connectivity index (χ4v) is 1.86. The summed E-state index contributed by atoms with van der Waals surface area (Å²) in [6.45, 7) is 2.05. The van der Waals surface area contributed by atoms with Gasteiger partial charge in [0.2, 0.25) is 0 Å². The van der Waals surface area contributed by atoms with E-state index < -0.39 is 0 Å². The second-order valence-corrected chi connectivity index (χ2v) is 4.00. The van der Waals surface area contributed by atoms with E-state index in [0.29, 0.717) is 0 Å². The molecule has 0 saturated carbocycles. The average molecular weight is 225 g/mol. The van der Waals surface area contributed by atoms with Gasteiger partial charge in [-0.2, -0.15) is 5.26 Å². The zero-order valence-corrected chi connectivity index (χ0v) is 9.89. The van der Waals surface area contributed by atoms with E-state index in [-0.39, 0.29) is 6.10 Å². The van der Waals surface area contributed by atoms with Gasteiger partial charge >= 0.3 is 0 Å². The lowest BCUT2D eigenvalue weighted by atomic mass is 10.1. The third-order valence-corrected chi connectivity index (χ3v) is 2.71. The Kier molecular flexibility index (Phi) is 3.62. The van der Waals surface area contributed by atoms with Gasteiger partial charge < -0.3 is 4.74 Å². The summed E-state index contributed by atoms with van der Waals surface area (Å²) in [5.41, 5.74) is 0. The van der Waals surface area contributed by atoms with Gasteiger partial charge in [0, 0.05) is 5.39 Å². The summed E-state index contributed by atoms with van der Waals surface area (Å²) in [5, 5.41) is 11.2. The van der Waals surface area contributed by atoms with E-state index in [4.69, 9.17) is 10.00 Å². The Morgan fingerprint density at radius 3 is 2.71 bits per heavy atom. The van der Waals surface area contributed by atoms with Gasteiger partial charge in [0.25, 0.3) is 0 Å². The molecule has 0 amide bonds. The molecule has 0 radical (unpaired) electrons. The summed E-state index contributed by atoms with van der Waals surface area (Å²) >= 11 is 0. The van der Waals surface area contributed by atoms with Crippen LogP contribution in [0, 0.1) is 11.3 Å². The first-order valence-electron chi connectivity index (χ1n) is 5.89. The van der Waals surface area contributed by atoms with Gasteiger partial charge in [0.15, 0.2) is 6.10 Å². The maximum Gasteiger partial charge on any atom is 0.184 e. The van der Waals surface area contributed by atoms with Gasteiger partial charge in [-0.25, -0.2) is 0 Å².